The minimum Gasteiger partial charge on any atom is -0.394 e. The van der Waals surface area contributed by atoms with Crippen molar-refractivity contribution in [2.45, 2.75) is 25.6 Å². The predicted octanol–water partition coefficient (Wildman–Crippen LogP) is 0.380. The van der Waals surface area contributed by atoms with Crippen LogP contribution in [0.5, 0.6) is 0 Å². The van der Waals surface area contributed by atoms with Crippen LogP contribution >= 0.6 is 15.9 Å². The zero-order chi connectivity index (χ0) is 10.8. The monoisotopic (exact) mass is 265 g/mol. The summed E-state index contributed by atoms with van der Waals surface area (Å²) >= 11 is 3.14. The fraction of sp³-hybridized carbons (Fsp3) is 0.889. The molecule has 5 heteroatoms. The molecule has 1 saturated heterocycles. The molecule has 1 aliphatic heterocycles. The summed E-state index contributed by atoms with van der Waals surface area (Å²) in [6.45, 7) is 4.85. The van der Waals surface area contributed by atoms with Crippen molar-refractivity contribution in [3.63, 3.8) is 0 Å². The van der Waals surface area contributed by atoms with Crippen LogP contribution in [0.15, 0.2) is 0 Å². The van der Waals surface area contributed by atoms with Crippen molar-refractivity contribution in [1.29, 1.82) is 0 Å². The van der Waals surface area contributed by atoms with Gasteiger partial charge in [-0.2, -0.15) is 0 Å². The van der Waals surface area contributed by atoms with Crippen molar-refractivity contribution < 1.29 is 14.6 Å². The smallest absolute Gasteiger partial charge is 0.233 e. The highest BCUT2D eigenvalue weighted by molar-refractivity contribution is 9.09. The summed E-state index contributed by atoms with van der Waals surface area (Å²) in [5.74, 6) is 0.0415. The molecule has 1 N–H and O–H groups in total. The van der Waals surface area contributed by atoms with Crippen LogP contribution in [0, 0.1) is 0 Å². The minimum atomic E-state index is -0.372. The molecule has 14 heavy (non-hydrogen) atoms. The molecule has 0 aromatic rings. The summed E-state index contributed by atoms with van der Waals surface area (Å²) < 4.78 is 5.59. The second kappa shape index (κ2) is 4.59. The molecular weight excluding hydrogens is 250 g/mol. The van der Waals surface area contributed by atoms with Crippen LogP contribution in [-0.4, -0.2) is 52.6 Å². The number of ether oxygens (including phenoxy) is 1. The molecule has 1 amide bonds. The fourth-order valence-corrected chi connectivity index (χ4v) is 2.02. The van der Waals surface area contributed by atoms with Crippen LogP contribution in [0.3, 0.4) is 0 Å². The SMILES string of the molecule is CC1(C)CN(C(=O)CBr)CC(CO)O1. The molecule has 1 rings (SSSR count). The highest BCUT2D eigenvalue weighted by Crippen LogP contribution is 2.20. The maximum absolute atomic E-state index is 11.5. The van der Waals surface area contributed by atoms with Gasteiger partial charge in [-0.3, -0.25) is 4.79 Å². The van der Waals surface area contributed by atoms with E-state index in [2.05, 4.69) is 15.9 Å². The summed E-state index contributed by atoms with van der Waals surface area (Å²) in [5.41, 5.74) is -0.372. The van der Waals surface area contributed by atoms with Gasteiger partial charge in [-0.25, -0.2) is 0 Å². The van der Waals surface area contributed by atoms with Crippen LogP contribution in [0.25, 0.3) is 0 Å². The second-order valence-electron chi connectivity index (χ2n) is 4.09. The Hall–Kier alpha value is -0.130. The minimum absolute atomic E-state index is 0.0415. The van der Waals surface area contributed by atoms with Crippen molar-refractivity contribution in [2.24, 2.45) is 0 Å². The number of amides is 1. The highest BCUT2D eigenvalue weighted by atomic mass is 79.9. The fourth-order valence-electron chi connectivity index (χ4n) is 1.67. The third-order valence-corrected chi connectivity index (χ3v) is 2.63. The molecule has 1 fully saturated rings. The van der Waals surface area contributed by atoms with Gasteiger partial charge in [0.25, 0.3) is 0 Å². The van der Waals surface area contributed by atoms with Gasteiger partial charge in [0.2, 0.25) is 5.91 Å². The summed E-state index contributed by atoms with van der Waals surface area (Å²) in [6, 6.07) is 0. The van der Waals surface area contributed by atoms with Crippen molar-refractivity contribution in [1.82, 2.24) is 4.90 Å². The molecule has 4 nitrogen and oxygen atoms in total. The number of aliphatic hydroxyl groups is 1. The summed E-state index contributed by atoms with van der Waals surface area (Å²) in [4.78, 5) is 13.2. The molecule has 1 unspecified atom stereocenters. The van der Waals surface area contributed by atoms with E-state index in [1.807, 2.05) is 13.8 Å². The van der Waals surface area contributed by atoms with Crippen molar-refractivity contribution in [2.75, 3.05) is 25.0 Å². The van der Waals surface area contributed by atoms with Gasteiger partial charge in [-0.15, -0.1) is 0 Å². The number of hydrogen-bond acceptors (Lipinski definition) is 3. The average Bonchev–Trinajstić information content (AvgIpc) is 2.14. The first-order valence-corrected chi connectivity index (χ1v) is 5.73. The molecule has 82 valence electrons. The largest absolute Gasteiger partial charge is 0.394 e. The van der Waals surface area contributed by atoms with E-state index in [0.29, 0.717) is 18.4 Å². The number of carbonyl (C=O) groups is 1. The van der Waals surface area contributed by atoms with Gasteiger partial charge in [0.15, 0.2) is 0 Å². The molecule has 1 atom stereocenters. The Morgan fingerprint density at radius 3 is 2.86 bits per heavy atom. The zero-order valence-corrected chi connectivity index (χ0v) is 10.1. The number of carbonyl (C=O) groups excluding carboxylic acids is 1. The maximum atomic E-state index is 11.5. The van der Waals surface area contributed by atoms with Gasteiger partial charge in [0.1, 0.15) is 0 Å². The third-order valence-electron chi connectivity index (χ3n) is 2.15. The van der Waals surface area contributed by atoms with E-state index in [1.54, 1.807) is 4.90 Å². The van der Waals surface area contributed by atoms with Crippen LogP contribution in [0.1, 0.15) is 13.8 Å². The Labute approximate surface area is 92.3 Å². The van der Waals surface area contributed by atoms with Gasteiger partial charge in [-0.1, -0.05) is 15.9 Å². The lowest BCUT2D eigenvalue weighted by Gasteiger charge is -2.42. The van der Waals surface area contributed by atoms with Gasteiger partial charge >= 0.3 is 0 Å². The highest BCUT2D eigenvalue weighted by Gasteiger charge is 2.34. The molecule has 0 aliphatic carbocycles. The van der Waals surface area contributed by atoms with Crippen molar-refractivity contribution >= 4 is 21.8 Å². The Morgan fingerprint density at radius 2 is 2.36 bits per heavy atom. The van der Waals surface area contributed by atoms with Crippen LogP contribution < -0.4 is 0 Å². The maximum Gasteiger partial charge on any atom is 0.233 e. The van der Waals surface area contributed by atoms with E-state index in [0.717, 1.165) is 0 Å². The molecule has 0 saturated carbocycles. The predicted molar refractivity (Wildman–Crippen MR) is 56.4 cm³/mol. The van der Waals surface area contributed by atoms with Crippen LogP contribution in [0.2, 0.25) is 0 Å². The standard InChI is InChI=1S/C9H16BrNO3/c1-9(2)6-11(8(13)3-10)4-7(5-12)14-9/h7,12H,3-6H2,1-2H3. The number of rotatable bonds is 2. The van der Waals surface area contributed by atoms with Crippen LogP contribution in [-0.2, 0) is 9.53 Å². The Bertz CT molecular complexity index is 220. The van der Waals surface area contributed by atoms with E-state index in [-0.39, 0.29) is 24.2 Å². The Morgan fingerprint density at radius 1 is 1.71 bits per heavy atom. The molecule has 0 aromatic heterocycles. The average molecular weight is 266 g/mol. The number of nitrogens with zero attached hydrogens (tertiary/aromatic N) is 1. The van der Waals surface area contributed by atoms with Crippen molar-refractivity contribution in [3.8, 4) is 0 Å². The summed E-state index contributed by atoms with van der Waals surface area (Å²) in [6.07, 6.45) is -0.262. The number of halogens is 1. The topological polar surface area (TPSA) is 49.8 Å². The molecule has 0 bridgehead atoms. The van der Waals surface area contributed by atoms with Gasteiger partial charge in [0.05, 0.1) is 23.6 Å². The number of morpholine rings is 1. The van der Waals surface area contributed by atoms with Crippen LogP contribution in [0.4, 0.5) is 0 Å². The Balaban J connectivity index is 2.65. The summed E-state index contributed by atoms with van der Waals surface area (Å²) in [5, 5.41) is 9.34. The van der Waals surface area contributed by atoms with E-state index in [4.69, 9.17) is 9.84 Å². The van der Waals surface area contributed by atoms with E-state index >= 15 is 0 Å². The first kappa shape index (κ1) is 11.9. The van der Waals surface area contributed by atoms with Gasteiger partial charge < -0.3 is 14.7 Å². The van der Waals surface area contributed by atoms with Gasteiger partial charge in [-0.05, 0) is 13.8 Å². The molecule has 1 aliphatic rings. The number of aliphatic hydroxyl groups excluding tert-OH is 1. The first-order valence-electron chi connectivity index (χ1n) is 4.61. The molecule has 0 spiro atoms. The lowest BCUT2D eigenvalue weighted by molar-refractivity contribution is -0.164. The zero-order valence-electron chi connectivity index (χ0n) is 8.49. The second-order valence-corrected chi connectivity index (χ2v) is 4.65. The normalized spacial score (nSPS) is 26.3. The van der Waals surface area contributed by atoms with Crippen molar-refractivity contribution in [3.05, 3.63) is 0 Å². The quantitative estimate of drug-likeness (QED) is 0.735. The van der Waals surface area contributed by atoms with Gasteiger partial charge in [0, 0.05) is 13.1 Å². The van der Waals surface area contributed by atoms with E-state index < -0.39 is 0 Å². The Kier molecular flexibility index (Phi) is 3.92. The number of hydrogen-bond donors (Lipinski definition) is 1. The lowest BCUT2D eigenvalue weighted by atomic mass is 10.1. The number of alkyl halides is 1. The molecule has 1 heterocycles. The molecule has 0 aromatic carbocycles. The summed E-state index contributed by atoms with van der Waals surface area (Å²) in [7, 11) is 0. The first-order chi connectivity index (χ1) is 6.48. The lowest BCUT2D eigenvalue weighted by Crippen LogP contribution is -2.55. The third kappa shape index (κ3) is 2.93. The molecular formula is C9H16BrNO3. The van der Waals surface area contributed by atoms with E-state index in [1.165, 1.54) is 0 Å². The molecule has 0 radical (unpaired) electrons. The van der Waals surface area contributed by atoms with E-state index in [9.17, 15) is 4.79 Å².